The Balaban J connectivity index is 2.10. The van der Waals surface area contributed by atoms with Crippen molar-refractivity contribution >= 4 is 23.5 Å². The summed E-state index contributed by atoms with van der Waals surface area (Å²) in [6.45, 7) is 1.74. The van der Waals surface area contributed by atoms with Gasteiger partial charge in [-0.05, 0) is 6.92 Å². The Hall–Kier alpha value is -2.36. The van der Waals surface area contributed by atoms with Gasteiger partial charge in [-0.1, -0.05) is 0 Å². The van der Waals surface area contributed by atoms with Crippen LogP contribution < -0.4 is 5.43 Å². The van der Waals surface area contributed by atoms with Gasteiger partial charge in [0.25, 0.3) is 0 Å². The lowest BCUT2D eigenvalue weighted by molar-refractivity contribution is -0.120. The number of amides is 1. The van der Waals surface area contributed by atoms with E-state index in [1.54, 1.807) is 12.3 Å². The summed E-state index contributed by atoms with van der Waals surface area (Å²) < 4.78 is 65.5. The third-order valence-corrected chi connectivity index (χ3v) is 3.46. The standard InChI is InChI=1S/C13H8F5N3OS/c1-5-20-6(4-23-5)2-8(22)21-19-3-7-9(14)11(16)13(18)12(17)10(7)15/h3-4H,2H2,1H3,(H,21,22). The van der Waals surface area contributed by atoms with E-state index in [-0.39, 0.29) is 6.42 Å². The van der Waals surface area contributed by atoms with E-state index in [9.17, 15) is 26.7 Å². The summed E-state index contributed by atoms with van der Waals surface area (Å²) in [5, 5.41) is 5.58. The molecule has 2 rings (SSSR count). The number of benzene rings is 1. The molecule has 0 saturated carbocycles. The van der Waals surface area contributed by atoms with Gasteiger partial charge in [0.05, 0.1) is 28.9 Å². The van der Waals surface area contributed by atoms with Crippen LogP contribution in [0.3, 0.4) is 0 Å². The summed E-state index contributed by atoms with van der Waals surface area (Å²) in [6.07, 6.45) is 0.208. The van der Waals surface area contributed by atoms with E-state index in [1.807, 2.05) is 5.43 Å². The lowest BCUT2D eigenvalue weighted by Crippen LogP contribution is -2.20. The van der Waals surface area contributed by atoms with Crippen LogP contribution in [0.1, 0.15) is 16.3 Å². The number of carbonyl (C=O) groups excluding carboxylic acids is 1. The molecule has 0 fully saturated rings. The first-order valence-electron chi connectivity index (χ1n) is 6.05. The molecule has 1 amide bonds. The predicted molar refractivity (Wildman–Crippen MR) is 72.5 cm³/mol. The van der Waals surface area contributed by atoms with Crippen LogP contribution in [0.25, 0.3) is 0 Å². The van der Waals surface area contributed by atoms with Gasteiger partial charge >= 0.3 is 0 Å². The van der Waals surface area contributed by atoms with E-state index in [0.29, 0.717) is 11.9 Å². The number of hydrogen-bond acceptors (Lipinski definition) is 4. The zero-order valence-electron chi connectivity index (χ0n) is 11.5. The molecule has 0 radical (unpaired) electrons. The van der Waals surface area contributed by atoms with Gasteiger partial charge in [-0.15, -0.1) is 11.3 Å². The molecule has 122 valence electrons. The largest absolute Gasteiger partial charge is 0.273 e. The molecule has 0 aliphatic heterocycles. The maximum Gasteiger partial charge on any atom is 0.246 e. The molecule has 4 nitrogen and oxygen atoms in total. The van der Waals surface area contributed by atoms with Crippen molar-refractivity contribution in [2.24, 2.45) is 5.10 Å². The number of aryl methyl sites for hydroxylation is 1. The first-order chi connectivity index (χ1) is 10.8. The van der Waals surface area contributed by atoms with E-state index in [2.05, 4.69) is 10.1 Å². The molecule has 0 aliphatic carbocycles. The molecular weight excluding hydrogens is 341 g/mol. The van der Waals surface area contributed by atoms with Crippen LogP contribution >= 0.6 is 11.3 Å². The third-order valence-electron chi connectivity index (χ3n) is 2.63. The Labute approximate surface area is 130 Å². The van der Waals surface area contributed by atoms with Gasteiger partial charge < -0.3 is 0 Å². The molecule has 1 aromatic carbocycles. The number of halogens is 5. The summed E-state index contributed by atoms with van der Waals surface area (Å²) in [4.78, 5) is 15.5. The summed E-state index contributed by atoms with van der Waals surface area (Å²) in [7, 11) is 0. The Morgan fingerprint density at radius 2 is 1.74 bits per heavy atom. The maximum absolute atomic E-state index is 13.3. The second-order valence-electron chi connectivity index (χ2n) is 4.31. The second-order valence-corrected chi connectivity index (χ2v) is 5.37. The molecule has 0 aliphatic rings. The average molecular weight is 349 g/mol. The number of rotatable bonds is 4. The molecule has 2 aromatic rings. The highest BCUT2D eigenvalue weighted by atomic mass is 32.1. The molecule has 23 heavy (non-hydrogen) atoms. The smallest absolute Gasteiger partial charge is 0.246 e. The fourth-order valence-electron chi connectivity index (χ4n) is 1.60. The van der Waals surface area contributed by atoms with E-state index in [4.69, 9.17) is 0 Å². The van der Waals surface area contributed by atoms with Gasteiger partial charge in [0.2, 0.25) is 11.7 Å². The average Bonchev–Trinajstić information content (AvgIpc) is 2.91. The van der Waals surface area contributed by atoms with Gasteiger partial charge in [-0.25, -0.2) is 32.4 Å². The number of carbonyl (C=O) groups is 1. The monoisotopic (exact) mass is 349 g/mol. The van der Waals surface area contributed by atoms with Crippen molar-refractivity contribution in [2.75, 3.05) is 0 Å². The Morgan fingerprint density at radius 3 is 2.26 bits per heavy atom. The lowest BCUT2D eigenvalue weighted by atomic mass is 10.2. The second kappa shape index (κ2) is 6.82. The highest BCUT2D eigenvalue weighted by molar-refractivity contribution is 7.09. The minimum absolute atomic E-state index is 0.140. The van der Waals surface area contributed by atoms with Crippen LogP contribution in [-0.2, 0) is 11.2 Å². The van der Waals surface area contributed by atoms with Gasteiger partial charge in [0, 0.05) is 5.38 Å². The van der Waals surface area contributed by atoms with Crippen molar-refractivity contribution in [1.29, 1.82) is 0 Å². The normalized spacial score (nSPS) is 11.2. The predicted octanol–water partition coefficient (Wildman–Crippen LogP) is 2.84. The van der Waals surface area contributed by atoms with Crippen molar-refractivity contribution < 1.29 is 26.7 Å². The molecule has 0 spiro atoms. The summed E-state index contributed by atoms with van der Waals surface area (Å²) in [6, 6.07) is 0. The zero-order chi connectivity index (χ0) is 17.1. The maximum atomic E-state index is 13.3. The number of aromatic nitrogens is 1. The van der Waals surface area contributed by atoms with Crippen molar-refractivity contribution in [1.82, 2.24) is 10.4 Å². The van der Waals surface area contributed by atoms with E-state index in [0.717, 1.165) is 5.01 Å². The van der Waals surface area contributed by atoms with Gasteiger partial charge in [-0.3, -0.25) is 4.79 Å². The fourth-order valence-corrected chi connectivity index (χ4v) is 2.21. The van der Waals surface area contributed by atoms with Gasteiger partial charge in [0.1, 0.15) is 0 Å². The van der Waals surface area contributed by atoms with Crippen molar-refractivity contribution in [3.05, 3.63) is 50.7 Å². The van der Waals surface area contributed by atoms with E-state index < -0.39 is 40.6 Å². The highest BCUT2D eigenvalue weighted by Gasteiger charge is 2.24. The van der Waals surface area contributed by atoms with Gasteiger partial charge in [0.15, 0.2) is 23.3 Å². The molecular formula is C13H8F5N3OS. The number of hydrazone groups is 1. The molecule has 1 N–H and O–H groups in total. The highest BCUT2D eigenvalue weighted by Crippen LogP contribution is 2.21. The van der Waals surface area contributed by atoms with Crippen LogP contribution in [-0.4, -0.2) is 17.1 Å². The van der Waals surface area contributed by atoms with E-state index >= 15 is 0 Å². The third kappa shape index (κ3) is 3.70. The summed E-state index contributed by atoms with van der Waals surface area (Å²) >= 11 is 1.33. The first-order valence-corrected chi connectivity index (χ1v) is 6.93. The molecule has 0 atom stereocenters. The van der Waals surface area contributed by atoms with Crippen LogP contribution in [0, 0.1) is 36.0 Å². The Morgan fingerprint density at radius 1 is 1.17 bits per heavy atom. The van der Waals surface area contributed by atoms with Crippen LogP contribution in [0.2, 0.25) is 0 Å². The quantitative estimate of drug-likeness (QED) is 0.303. The van der Waals surface area contributed by atoms with Crippen LogP contribution in [0.4, 0.5) is 22.0 Å². The topological polar surface area (TPSA) is 54.4 Å². The van der Waals surface area contributed by atoms with E-state index in [1.165, 1.54) is 11.3 Å². The first kappa shape index (κ1) is 17.0. The summed E-state index contributed by atoms with van der Waals surface area (Å²) in [5.41, 5.74) is 1.14. The lowest BCUT2D eigenvalue weighted by Gasteiger charge is -2.03. The molecule has 1 aromatic heterocycles. The molecule has 0 bridgehead atoms. The molecule has 0 unspecified atom stereocenters. The molecule has 0 saturated heterocycles. The number of nitrogens with zero attached hydrogens (tertiary/aromatic N) is 2. The SMILES string of the molecule is Cc1nc(CC(=O)NN=Cc2c(F)c(F)c(F)c(F)c2F)cs1. The Bertz CT molecular complexity index is 761. The molecule has 1 heterocycles. The Kier molecular flexibility index (Phi) is 5.04. The van der Waals surface area contributed by atoms with Crippen molar-refractivity contribution in [3.8, 4) is 0 Å². The fraction of sp³-hybridized carbons (Fsp3) is 0.154. The van der Waals surface area contributed by atoms with Crippen molar-refractivity contribution in [3.63, 3.8) is 0 Å². The number of nitrogens with one attached hydrogen (secondary N) is 1. The number of thiazole rings is 1. The minimum Gasteiger partial charge on any atom is -0.273 e. The number of hydrogen-bond donors (Lipinski definition) is 1. The molecule has 10 heteroatoms. The van der Waals surface area contributed by atoms with Crippen LogP contribution in [0.5, 0.6) is 0 Å². The minimum atomic E-state index is -2.26. The van der Waals surface area contributed by atoms with Crippen molar-refractivity contribution in [2.45, 2.75) is 13.3 Å². The van der Waals surface area contributed by atoms with Crippen LogP contribution in [0.15, 0.2) is 10.5 Å². The van der Waals surface area contributed by atoms with Gasteiger partial charge in [-0.2, -0.15) is 5.10 Å². The summed E-state index contributed by atoms with van der Waals surface area (Å²) in [5.74, 6) is -11.2. The zero-order valence-corrected chi connectivity index (χ0v) is 12.3.